The number of carbonyl (C=O) groups excluding carboxylic acids is 1. The van der Waals surface area contributed by atoms with Crippen LogP contribution in [-0.2, 0) is 6.42 Å². The van der Waals surface area contributed by atoms with E-state index in [1.54, 1.807) is 6.20 Å². The molecule has 1 atom stereocenters. The standard InChI is InChI=1S/C17H17N3O2/c1-10-5-6-16-11(7-10)14(9-22-16)20-17-18-8-12-13(19-17)3-2-4-15(12)21/h5-8,14H,2-4,9H2,1H3,(H,18,19,20)/t14-/m1/s1. The molecule has 22 heavy (non-hydrogen) atoms. The molecule has 1 aliphatic carbocycles. The molecule has 0 spiro atoms. The zero-order valence-corrected chi connectivity index (χ0v) is 12.4. The average Bonchev–Trinajstić information content (AvgIpc) is 2.90. The average molecular weight is 295 g/mol. The smallest absolute Gasteiger partial charge is 0.223 e. The third-order valence-electron chi connectivity index (χ3n) is 4.24. The van der Waals surface area contributed by atoms with Crippen molar-refractivity contribution in [2.45, 2.75) is 32.2 Å². The maximum Gasteiger partial charge on any atom is 0.223 e. The maximum atomic E-state index is 11.8. The molecule has 0 radical (unpaired) electrons. The van der Waals surface area contributed by atoms with Crippen molar-refractivity contribution in [2.24, 2.45) is 0 Å². The molecule has 112 valence electrons. The summed E-state index contributed by atoms with van der Waals surface area (Å²) < 4.78 is 5.70. The van der Waals surface area contributed by atoms with Gasteiger partial charge in [-0.1, -0.05) is 17.7 Å². The molecular formula is C17H17N3O2. The van der Waals surface area contributed by atoms with Crippen LogP contribution in [-0.4, -0.2) is 22.4 Å². The van der Waals surface area contributed by atoms with Crippen LogP contribution in [0.4, 0.5) is 5.95 Å². The highest BCUT2D eigenvalue weighted by molar-refractivity contribution is 5.97. The molecule has 5 heteroatoms. The van der Waals surface area contributed by atoms with Crippen molar-refractivity contribution in [3.8, 4) is 5.75 Å². The van der Waals surface area contributed by atoms with Gasteiger partial charge in [-0.15, -0.1) is 0 Å². The first-order chi connectivity index (χ1) is 10.7. The number of nitrogens with one attached hydrogen (secondary N) is 1. The number of aryl methyl sites for hydroxylation is 2. The number of benzene rings is 1. The summed E-state index contributed by atoms with van der Waals surface area (Å²) in [5.41, 5.74) is 3.87. The Balaban J connectivity index is 1.61. The number of ketones is 1. The lowest BCUT2D eigenvalue weighted by atomic mass is 9.96. The Morgan fingerprint density at radius 3 is 3.14 bits per heavy atom. The van der Waals surface area contributed by atoms with Crippen LogP contribution >= 0.6 is 0 Å². The molecule has 0 amide bonds. The van der Waals surface area contributed by atoms with E-state index in [1.165, 1.54) is 5.56 Å². The topological polar surface area (TPSA) is 64.1 Å². The van der Waals surface area contributed by atoms with Crippen LogP contribution in [0.25, 0.3) is 0 Å². The first-order valence-electron chi connectivity index (χ1n) is 7.60. The summed E-state index contributed by atoms with van der Waals surface area (Å²) in [6.45, 7) is 2.63. The molecule has 0 bridgehead atoms. The highest BCUT2D eigenvalue weighted by Crippen LogP contribution is 2.34. The van der Waals surface area contributed by atoms with Crippen LogP contribution in [0.5, 0.6) is 5.75 Å². The molecule has 2 heterocycles. The van der Waals surface area contributed by atoms with E-state index in [1.807, 2.05) is 12.1 Å². The van der Waals surface area contributed by atoms with E-state index in [9.17, 15) is 4.79 Å². The van der Waals surface area contributed by atoms with Gasteiger partial charge in [-0.2, -0.15) is 0 Å². The Bertz CT molecular complexity index is 758. The van der Waals surface area contributed by atoms with Gasteiger partial charge in [0.1, 0.15) is 12.4 Å². The molecule has 1 aliphatic heterocycles. The minimum absolute atomic E-state index is 0.0484. The number of fused-ring (bicyclic) bond motifs is 2. The van der Waals surface area contributed by atoms with Crippen molar-refractivity contribution in [3.05, 3.63) is 46.8 Å². The first kappa shape index (κ1) is 13.2. The molecule has 1 aromatic heterocycles. The molecular weight excluding hydrogens is 278 g/mol. The van der Waals surface area contributed by atoms with Gasteiger partial charge >= 0.3 is 0 Å². The Labute approximate surface area is 128 Å². The van der Waals surface area contributed by atoms with Crippen LogP contribution in [0.1, 0.15) is 46.1 Å². The molecule has 1 aromatic carbocycles. The highest BCUT2D eigenvalue weighted by Gasteiger charge is 2.26. The van der Waals surface area contributed by atoms with Crippen molar-refractivity contribution < 1.29 is 9.53 Å². The number of nitrogens with zero attached hydrogens (tertiary/aromatic N) is 2. The minimum Gasteiger partial charge on any atom is -0.491 e. The summed E-state index contributed by atoms with van der Waals surface area (Å²) in [4.78, 5) is 20.6. The predicted octanol–water partition coefficient (Wildman–Crippen LogP) is 2.85. The molecule has 1 N–H and O–H groups in total. The van der Waals surface area contributed by atoms with E-state index < -0.39 is 0 Å². The fourth-order valence-corrected chi connectivity index (χ4v) is 3.07. The SMILES string of the molecule is Cc1ccc2c(c1)[C@H](Nc1ncc3c(n1)CCCC3=O)CO2. The van der Waals surface area contributed by atoms with Crippen LogP contribution in [0.2, 0.25) is 0 Å². The summed E-state index contributed by atoms with van der Waals surface area (Å²) in [5, 5.41) is 3.33. The molecule has 2 aliphatic rings. The van der Waals surface area contributed by atoms with Gasteiger partial charge < -0.3 is 10.1 Å². The van der Waals surface area contributed by atoms with Gasteiger partial charge in [0.25, 0.3) is 0 Å². The second-order valence-electron chi connectivity index (χ2n) is 5.88. The molecule has 0 unspecified atom stereocenters. The third kappa shape index (κ3) is 2.22. The molecule has 2 aromatic rings. The number of rotatable bonds is 2. The van der Waals surface area contributed by atoms with E-state index in [4.69, 9.17) is 4.74 Å². The second-order valence-corrected chi connectivity index (χ2v) is 5.88. The molecule has 4 rings (SSSR count). The van der Waals surface area contributed by atoms with Crippen LogP contribution in [0, 0.1) is 6.92 Å². The fraction of sp³-hybridized carbons (Fsp3) is 0.353. The molecule has 0 fully saturated rings. The normalized spacial score (nSPS) is 19.3. The Kier molecular flexibility index (Phi) is 3.06. The Morgan fingerprint density at radius 2 is 2.23 bits per heavy atom. The number of hydrogen-bond acceptors (Lipinski definition) is 5. The third-order valence-corrected chi connectivity index (χ3v) is 4.24. The fourth-order valence-electron chi connectivity index (χ4n) is 3.07. The van der Waals surface area contributed by atoms with E-state index in [2.05, 4.69) is 28.3 Å². The second kappa shape index (κ2) is 5.09. The molecule has 5 nitrogen and oxygen atoms in total. The number of ether oxygens (including phenoxy) is 1. The van der Waals surface area contributed by atoms with E-state index in [-0.39, 0.29) is 11.8 Å². The minimum atomic E-state index is 0.0484. The number of carbonyl (C=O) groups is 1. The van der Waals surface area contributed by atoms with Gasteiger partial charge in [0.05, 0.1) is 17.3 Å². The number of Topliss-reactive ketones (excluding diaryl/α,β-unsaturated/α-hetero) is 1. The first-order valence-corrected chi connectivity index (χ1v) is 7.60. The van der Waals surface area contributed by atoms with E-state index >= 15 is 0 Å². The summed E-state index contributed by atoms with van der Waals surface area (Å²) in [7, 11) is 0. The van der Waals surface area contributed by atoms with Crippen molar-refractivity contribution in [3.63, 3.8) is 0 Å². The highest BCUT2D eigenvalue weighted by atomic mass is 16.5. The number of hydrogen-bond donors (Lipinski definition) is 1. The Hall–Kier alpha value is -2.43. The summed E-state index contributed by atoms with van der Waals surface area (Å²) in [6, 6.07) is 6.22. The maximum absolute atomic E-state index is 11.8. The van der Waals surface area contributed by atoms with E-state index in [0.29, 0.717) is 24.5 Å². The quantitative estimate of drug-likeness (QED) is 0.923. The lowest BCUT2D eigenvalue weighted by Crippen LogP contribution is -2.18. The van der Waals surface area contributed by atoms with Crippen LogP contribution in [0.15, 0.2) is 24.4 Å². The number of anilines is 1. The van der Waals surface area contributed by atoms with Gasteiger partial charge in [-0.25, -0.2) is 9.97 Å². The largest absolute Gasteiger partial charge is 0.491 e. The molecule has 0 saturated heterocycles. The van der Waals surface area contributed by atoms with Crippen molar-refractivity contribution in [1.82, 2.24) is 9.97 Å². The summed E-state index contributed by atoms with van der Waals surface area (Å²) in [5.74, 6) is 1.63. The van der Waals surface area contributed by atoms with Crippen molar-refractivity contribution in [1.29, 1.82) is 0 Å². The van der Waals surface area contributed by atoms with E-state index in [0.717, 1.165) is 29.8 Å². The lowest BCUT2D eigenvalue weighted by Gasteiger charge is -2.16. The summed E-state index contributed by atoms with van der Waals surface area (Å²) in [6.07, 6.45) is 3.97. The van der Waals surface area contributed by atoms with Crippen molar-refractivity contribution >= 4 is 11.7 Å². The zero-order valence-electron chi connectivity index (χ0n) is 12.4. The van der Waals surface area contributed by atoms with Gasteiger partial charge in [-0.3, -0.25) is 4.79 Å². The predicted molar refractivity (Wildman–Crippen MR) is 82.3 cm³/mol. The van der Waals surface area contributed by atoms with Gasteiger partial charge in [0.2, 0.25) is 5.95 Å². The van der Waals surface area contributed by atoms with Gasteiger partial charge in [-0.05, 0) is 25.8 Å². The number of aromatic nitrogens is 2. The Morgan fingerprint density at radius 1 is 1.32 bits per heavy atom. The van der Waals surface area contributed by atoms with Gasteiger partial charge in [0.15, 0.2) is 5.78 Å². The molecule has 0 saturated carbocycles. The summed E-state index contributed by atoms with van der Waals surface area (Å²) >= 11 is 0. The van der Waals surface area contributed by atoms with Crippen molar-refractivity contribution in [2.75, 3.05) is 11.9 Å². The van der Waals surface area contributed by atoms with Crippen LogP contribution < -0.4 is 10.1 Å². The lowest BCUT2D eigenvalue weighted by molar-refractivity contribution is 0.0971. The monoisotopic (exact) mass is 295 g/mol. The van der Waals surface area contributed by atoms with Crippen LogP contribution in [0.3, 0.4) is 0 Å². The van der Waals surface area contributed by atoms with Gasteiger partial charge in [0, 0.05) is 18.2 Å². The zero-order chi connectivity index (χ0) is 15.1.